The summed E-state index contributed by atoms with van der Waals surface area (Å²) < 4.78 is 0. The number of benzene rings is 1. The average Bonchev–Trinajstić information content (AvgIpc) is 2.48. The Bertz CT molecular complexity index is 470. The van der Waals surface area contributed by atoms with Gasteiger partial charge in [-0.05, 0) is 42.7 Å². The highest BCUT2D eigenvalue weighted by Gasteiger charge is 2.27. The van der Waals surface area contributed by atoms with Crippen LogP contribution in [0.1, 0.15) is 70.3 Å². The molecule has 1 aromatic rings. The van der Waals surface area contributed by atoms with Crippen LogP contribution < -0.4 is 0 Å². The van der Waals surface area contributed by atoms with E-state index in [4.69, 9.17) is 0 Å². The van der Waals surface area contributed by atoms with Crippen LogP contribution in [0, 0.1) is 0 Å². The van der Waals surface area contributed by atoms with E-state index in [1.807, 2.05) is 6.07 Å². The number of Topliss-reactive ketones (excluding diaryl/α,β-unsaturated/α-hetero) is 1. The summed E-state index contributed by atoms with van der Waals surface area (Å²) >= 11 is 0. The molecule has 2 rings (SSSR count). The molecule has 1 atom stereocenters. The minimum atomic E-state index is 0.399. The van der Waals surface area contributed by atoms with Gasteiger partial charge in [0.1, 0.15) is 0 Å². The number of ketones is 1. The lowest BCUT2D eigenvalue weighted by atomic mass is 9.77. The lowest BCUT2D eigenvalue weighted by Gasteiger charge is -2.27. The van der Waals surface area contributed by atoms with Crippen LogP contribution in [0.5, 0.6) is 0 Å². The Kier molecular flexibility index (Phi) is 5.58. The predicted molar refractivity (Wildman–Crippen MR) is 84.9 cm³/mol. The second kappa shape index (κ2) is 7.42. The first-order valence-electron chi connectivity index (χ1n) is 8.05. The zero-order valence-electron chi connectivity index (χ0n) is 12.8. The Balaban J connectivity index is 2.21. The van der Waals surface area contributed by atoms with Crippen molar-refractivity contribution in [1.82, 2.24) is 0 Å². The molecule has 0 amide bonds. The summed E-state index contributed by atoms with van der Waals surface area (Å²) in [6.07, 6.45) is 7.36. The van der Waals surface area contributed by atoms with Gasteiger partial charge in [0, 0.05) is 6.42 Å². The fourth-order valence-electron chi connectivity index (χ4n) is 3.21. The second-order valence-corrected chi connectivity index (χ2v) is 5.87. The van der Waals surface area contributed by atoms with Crippen LogP contribution in [-0.4, -0.2) is 5.78 Å². The van der Waals surface area contributed by atoms with Gasteiger partial charge in [-0.1, -0.05) is 62.6 Å². The molecule has 1 aliphatic rings. The molecule has 0 unspecified atom stereocenters. The number of rotatable bonds is 6. The number of carbonyl (C=O) groups excluding carboxylic acids is 1. The van der Waals surface area contributed by atoms with Gasteiger partial charge in [-0.25, -0.2) is 0 Å². The molecule has 1 aliphatic carbocycles. The molecule has 0 spiro atoms. The molecule has 0 heterocycles. The summed E-state index contributed by atoms with van der Waals surface area (Å²) in [5.74, 6) is 0.800. The molecule has 0 bridgehead atoms. The third-order valence-electron chi connectivity index (χ3n) is 4.29. The maximum absolute atomic E-state index is 12.5. The van der Waals surface area contributed by atoms with Crippen LogP contribution in [0.4, 0.5) is 0 Å². The van der Waals surface area contributed by atoms with Crippen LogP contribution in [0.3, 0.4) is 0 Å². The summed E-state index contributed by atoms with van der Waals surface area (Å²) in [4.78, 5) is 12.5. The van der Waals surface area contributed by atoms with E-state index in [-0.39, 0.29) is 0 Å². The van der Waals surface area contributed by atoms with Crippen LogP contribution in [0.2, 0.25) is 0 Å². The van der Waals surface area contributed by atoms with Gasteiger partial charge < -0.3 is 0 Å². The zero-order valence-corrected chi connectivity index (χ0v) is 12.8. The molecule has 1 nitrogen and oxygen atoms in total. The molecule has 0 saturated carbocycles. The van der Waals surface area contributed by atoms with Crippen LogP contribution in [0.15, 0.2) is 41.5 Å². The van der Waals surface area contributed by atoms with Crippen LogP contribution in [0.25, 0.3) is 0 Å². The van der Waals surface area contributed by atoms with E-state index in [0.29, 0.717) is 18.1 Å². The summed E-state index contributed by atoms with van der Waals surface area (Å²) in [7, 11) is 0. The summed E-state index contributed by atoms with van der Waals surface area (Å²) in [5.41, 5.74) is 3.93. The quantitative estimate of drug-likeness (QED) is 0.674. The topological polar surface area (TPSA) is 17.1 Å². The monoisotopic (exact) mass is 270 g/mol. The predicted octanol–water partition coefficient (Wildman–Crippen LogP) is 5.42. The Morgan fingerprint density at radius 3 is 2.40 bits per heavy atom. The van der Waals surface area contributed by atoms with Gasteiger partial charge in [-0.15, -0.1) is 0 Å². The first kappa shape index (κ1) is 15.0. The number of hydrogen-bond donors (Lipinski definition) is 0. The minimum Gasteiger partial charge on any atom is -0.295 e. The van der Waals surface area contributed by atoms with Crippen LogP contribution in [-0.2, 0) is 4.79 Å². The molecular formula is C19H26O. The first-order chi connectivity index (χ1) is 9.76. The number of allylic oxidation sites excluding steroid dienone is 2. The molecule has 0 aromatic heterocycles. The van der Waals surface area contributed by atoms with Gasteiger partial charge in [0.15, 0.2) is 5.78 Å². The van der Waals surface area contributed by atoms with E-state index >= 15 is 0 Å². The highest BCUT2D eigenvalue weighted by molar-refractivity contribution is 5.97. The Hall–Kier alpha value is -1.37. The van der Waals surface area contributed by atoms with Crippen molar-refractivity contribution in [2.45, 2.75) is 64.7 Å². The molecule has 1 aromatic carbocycles. The summed E-state index contributed by atoms with van der Waals surface area (Å²) in [6.45, 7) is 4.39. The zero-order chi connectivity index (χ0) is 14.4. The summed E-state index contributed by atoms with van der Waals surface area (Å²) in [5, 5.41) is 0. The lowest BCUT2D eigenvalue weighted by molar-refractivity contribution is -0.116. The van der Waals surface area contributed by atoms with Crippen molar-refractivity contribution >= 4 is 5.78 Å². The maximum atomic E-state index is 12.5. The average molecular weight is 270 g/mol. The van der Waals surface area contributed by atoms with E-state index in [0.717, 1.165) is 31.3 Å². The SMILES string of the molecule is CCCCC1=C(CCC)C(=O)C[C@H](c2ccccc2)C1. The largest absolute Gasteiger partial charge is 0.295 e. The molecule has 108 valence electrons. The van der Waals surface area contributed by atoms with E-state index in [1.54, 1.807) is 0 Å². The third-order valence-corrected chi connectivity index (χ3v) is 4.29. The van der Waals surface area contributed by atoms with Crippen molar-refractivity contribution in [3.05, 3.63) is 47.0 Å². The van der Waals surface area contributed by atoms with E-state index in [1.165, 1.54) is 24.0 Å². The van der Waals surface area contributed by atoms with Gasteiger partial charge in [-0.2, -0.15) is 0 Å². The molecule has 20 heavy (non-hydrogen) atoms. The van der Waals surface area contributed by atoms with Gasteiger partial charge in [0.2, 0.25) is 0 Å². The second-order valence-electron chi connectivity index (χ2n) is 5.87. The Morgan fingerprint density at radius 2 is 1.75 bits per heavy atom. The number of carbonyl (C=O) groups is 1. The van der Waals surface area contributed by atoms with Gasteiger partial charge in [-0.3, -0.25) is 4.79 Å². The van der Waals surface area contributed by atoms with Crippen molar-refractivity contribution in [1.29, 1.82) is 0 Å². The summed E-state index contributed by atoms with van der Waals surface area (Å²) in [6, 6.07) is 10.5. The standard InChI is InChI=1S/C19H26O/c1-3-5-10-16-13-17(15-11-7-6-8-12-15)14-19(20)18(16)9-4-2/h6-8,11-12,17H,3-5,9-10,13-14H2,1-2H3/t17-/m1/s1. The molecular weight excluding hydrogens is 244 g/mol. The van der Waals surface area contributed by atoms with E-state index in [9.17, 15) is 4.79 Å². The number of unbranched alkanes of at least 4 members (excludes halogenated alkanes) is 1. The van der Waals surface area contributed by atoms with Gasteiger partial charge >= 0.3 is 0 Å². The van der Waals surface area contributed by atoms with Crippen molar-refractivity contribution in [3.8, 4) is 0 Å². The Labute approximate surface area is 123 Å². The van der Waals surface area contributed by atoms with Crippen molar-refractivity contribution in [2.24, 2.45) is 0 Å². The van der Waals surface area contributed by atoms with Crippen LogP contribution >= 0.6 is 0 Å². The lowest BCUT2D eigenvalue weighted by Crippen LogP contribution is -2.18. The Morgan fingerprint density at radius 1 is 1.00 bits per heavy atom. The molecule has 0 radical (unpaired) electrons. The highest BCUT2D eigenvalue weighted by atomic mass is 16.1. The van der Waals surface area contributed by atoms with E-state index in [2.05, 4.69) is 38.1 Å². The molecule has 0 N–H and O–H groups in total. The van der Waals surface area contributed by atoms with Crippen molar-refractivity contribution in [3.63, 3.8) is 0 Å². The smallest absolute Gasteiger partial charge is 0.159 e. The molecule has 0 fully saturated rings. The molecule has 0 aliphatic heterocycles. The fraction of sp³-hybridized carbons (Fsp3) is 0.526. The third kappa shape index (κ3) is 3.59. The highest BCUT2D eigenvalue weighted by Crippen LogP contribution is 2.37. The van der Waals surface area contributed by atoms with Crippen molar-refractivity contribution < 1.29 is 4.79 Å². The maximum Gasteiger partial charge on any atom is 0.159 e. The van der Waals surface area contributed by atoms with E-state index < -0.39 is 0 Å². The molecule has 1 heteroatoms. The minimum absolute atomic E-state index is 0.399. The van der Waals surface area contributed by atoms with Gasteiger partial charge in [0.05, 0.1) is 0 Å². The molecule has 0 saturated heterocycles. The number of hydrogen-bond acceptors (Lipinski definition) is 1. The fourth-order valence-corrected chi connectivity index (χ4v) is 3.21. The normalized spacial score (nSPS) is 19.5. The van der Waals surface area contributed by atoms with Gasteiger partial charge in [0.25, 0.3) is 0 Å². The first-order valence-corrected chi connectivity index (χ1v) is 8.05. The van der Waals surface area contributed by atoms with Crippen molar-refractivity contribution in [2.75, 3.05) is 0 Å².